The first-order chi connectivity index (χ1) is 16.5. The van der Waals surface area contributed by atoms with Gasteiger partial charge in [-0.25, -0.2) is 4.79 Å². The number of carbonyl (C=O) groups excluding carboxylic acids is 1. The summed E-state index contributed by atoms with van der Waals surface area (Å²) in [5, 5.41) is 10.1. The smallest absolute Gasteiger partial charge is 0.349 e. The molecule has 7 nitrogen and oxygen atoms in total. The number of carbonyl (C=O) groups is 1. The number of hydrogen-bond acceptors (Lipinski definition) is 7. The molecule has 1 atom stereocenters. The van der Waals surface area contributed by atoms with Crippen LogP contribution in [0.25, 0.3) is 0 Å². The normalized spacial score (nSPS) is 14.4. The summed E-state index contributed by atoms with van der Waals surface area (Å²) in [5.74, 6) is 0.722. The quantitative estimate of drug-likeness (QED) is 0.380. The Hall–Kier alpha value is -4.15. The third kappa shape index (κ3) is 4.92. The van der Waals surface area contributed by atoms with Crippen LogP contribution in [0.15, 0.2) is 78.2 Å². The molecule has 0 saturated heterocycles. The number of nitrogens with zero attached hydrogens (tertiary/aromatic N) is 1. The Bertz CT molecular complexity index is 1280. The summed E-state index contributed by atoms with van der Waals surface area (Å²) in [6.07, 6.45) is 0. The fraction of sp³-hybridized carbons (Fsp3) is 0.154. The van der Waals surface area contributed by atoms with E-state index in [1.54, 1.807) is 42.5 Å². The Kier molecular flexibility index (Phi) is 6.90. The van der Waals surface area contributed by atoms with Crippen LogP contribution in [0.3, 0.4) is 0 Å². The van der Waals surface area contributed by atoms with Crippen LogP contribution in [0.4, 0.5) is 0 Å². The van der Waals surface area contributed by atoms with Crippen molar-refractivity contribution in [3.05, 3.63) is 94.3 Å². The lowest BCUT2D eigenvalue weighted by Gasteiger charge is -2.26. The lowest BCUT2D eigenvalue weighted by Crippen LogP contribution is -2.21. The van der Waals surface area contributed by atoms with Crippen molar-refractivity contribution >= 4 is 17.6 Å². The molecule has 0 radical (unpaired) electrons. The minimum atomic E-state index is -0.611. The molecule has 1 heterocycles. The molecule has 4 rings (SSSR count). The van der Waals surface area contributed by atoms with Crippen molar-refractivity contribution in [2.24, 2.45) is 5.73 Å². The van der Waals surface area contributed by atoms with E-state index in [0.29, 0.717) is 28.7 Å². The van der Waals surface area contributed by atoms with Crippen molar-refractivity contribution in [1.29, 1.82) is 5.26 Å². The van der Waals surface area contributed by atoms with Gasteiger partial charge in [0.05, 0.1) is 17.5 Å². The Morgan fingerprint density at radius 1 is 1.09 bits per heavy atom. The number of fused-ring (bicyclic) bond motifs is 1. The third-order valence-electron chi connectivity index (χ3n) is 5.13. The van der Waals surface area contributed by atoms with Crippen LogP contribution in [0.1, 0.15) is 24.0 Å². The lowest BCUT2D eigenvalue weighted by atomic mass is 9.83. The van der Waals surface area contributed by atoms with E-state index in [0.717, 1.165) is 16.9 Å². The number of para-hydroxylation sites is 1. The second kappa shape index (κ2) is 10.2. The number of nitrogens with two attached hydrogens (primary N) is 1. The zero-order valence-electron chi connectivity index (χ0n) is 18.3. The van der Waals surface area contributed by atoms with Crippen molar-refractivity contribution in [1.82, 2.24) is 0 Å². The molecule has 3 aromatic rings. The molecule has 172 valence electrons. The molecule has 0 spiro atoms. The van der Waals surface area contributed by atoms with E-state index in [4.69, 9.17) is 36.3 Å². The lowest BCUT2D eigenvalue weighted by molar-refractivity contribution is -0.136. The number of halogens is 1. The molecule has 0 aromatic heterocycles. The maximum absolute atomic E-state index is 12.3. The maximum atomic E-state index is 12.3. The molecule has 1 aliphatic rings. The highest BCUT2D eigenvalue weighted by Crippen LogP contribution is 2.43. The van der Waals surface area contributed by atoms with Crippen LogP contribution >= 0.6 is 11.6 Å². The van der Waals surface area contributed by atoms with Gasteiger partial charge < -0.3 is 24.7 Å². The largest absolute Gasteiger partial charge is 0.494 e. The highest BCUT2D eigenvalue weighted by atomic mass is 35.5. The van der Waals surface area contributed by atoms with Crippen molar-refractivity contribution in [2.45, 2.75) is 12.8 Å². The van der Waals surface area contributed by atoms with E-state index in [1.165, 1.54) is 0 Å². The summed E-state index contributed by atoms with van der Waals surface area (Å²) >= 11 is 6.03. The number of ether oxygens (including phenoxy) is 4. The molecule has 2 N–H and O–H groups in total. The summed E-state index contributed by atoms with van der Waals surface area (Å²) in [5.41, 5.74) is 7.93. The van der Waals surface area contributed by atoms with Gasteiger partial charge in [0, 0.05) is 11.6 Å². The van der Waals surface area contributed by atoms with Gasteiger partial charge in [-0.05, 0) is 42.8 Å². The molecule has 8 heteroatoms. The molecule has 0 fully saturated rings. The number of nitriles is 1. The van der Waals surface area contributed by atoms with Crippen molar-refractivity contribution in [3.63, 3.8) is 0 Å². The second-order valence-corrected chi connectivity index (χ2v) is 7.73. The average molecular weight is 477 g/mol. The summed E-state index contributed by atoms with van der Waals surface area (Å²) in [6.45, 7) is 2.14. The summed E-state index contributed by atoms with van der Waals surface area (Å²) in [7, 11) is 0. The number of esters is 1. The third-order valence-corrected chi connectivity index (χ3v) is 5.44. The molecule has 34 heavy (non-hydrogen) atoms. The van der Waals surface area contributed by atoms with Gasteiger partial charge in [0.25, 0.3) is 0 Å². The zero-order valence-corrected chi connectivity index (χ0v) is 19.0. The van der Waals surface area contributed by atoms with Gasteiger partial charge in [-0.15, -0.1) is 0 Å². The van der Waals surface area contributed by atoms with Crippen LogP contribution < -0.4 is 24.7 Å². The molecule has 0 amide bonds. The van der Waals surface area contributed by atoms with Gasteiger partial charge in [0.1, 0.15) is 34.6 Å². The maximum Gasteiger partial charge on any atom is 0.349 e. The zero-order chi connectivity index (χ0) is 24.1. The first-order valence-corrected chi connectivity index (χ1v) is 10.9. The first kappa shape index (κ1) is 23.0. The van der Waals surface area contributed by atoms with Gasteiger partial charge in [0.15, 0.2) is 6.61 Å². The van der Waals surface area contributed by atoms with Crippen LogP contribution in [0.5, 0.6) is 23.0 Å². The topological polar surface area (TPSA) is 104 Å². The van der Waals surface area contributed by atoms with Gasteiger partial charge in [-0.2, -0.15) is 5.26 Å². The van der Waals surface area contributed by atoms with E-state index >= 15 is 0 Å². The molecular formula is C26H21ClN2O5. The minimum Gasteiger partial charge on any atom is -0.494 e. The summed E-state index contributed by atoms with van der Waals surface area (Å²) in [6, 6.07) is 21.4. The van der Waals surface area contributed by atoms with Gasteiger partial charge >= 0.3 is 5.97 Å². The number of allylic oxidation sites excluding steroid dienone is 1. The number of benzene rings is 3. The highest BCUT2D eigenvalue weighted by Gasteiger charge is 2.31. The fourth-order valence-electron chi connectivity index (χ4n) is 3.62. The molecule has 1 unspecified atom stereocenters. The van der Waals surface area contributed by atoms with Crippen molar-refractivity contribution in [2.75, 3.05) is 13.2 Å². The van der Waals surface area contributed by atoms with E-state index in [1.807, 2.05) is 31.2 Å². The molecule has 0 saturated carbocycles. The Labute approximate surface area is 201 Å². The van der Waals surface area contributed by atoms with Crippen LogP contribution in [-0.2, 0) is 4.79 Å². The van der Waals surface area contributed by atoms with Crippen LogP contribution in [-0.4, -0.2) is 19.2 Å². The van der Waals surface area contributed by atoms with E-state index < -0.39 is 11.9 Å². The highest BCUT2D eigenvalue weighted by molar-refractivity contribution is 6.32. The predicted octanol–water partition coefficient (Wildman–Crippen LogP) is 4.94. The second-order valence-electron chi connectivity index (χ2n) is 7.32. The molecule has 0 aliphatic carbocycles. The predicted molar refractivity (Wildman–Crippen MR) is 126 cm³/mol. The average Bonchev–Trinajstić information content (AvgIpc) is 2.83. The van der Waals surface area contributed by atoms with Crippen molar-refractivity contribution < 1.29 is 23.7 Å². The summed E-state index contributed by atoms with van der Waals surface area (Å²) in [4.78, 5) is 12.3. The van der Waals surface area contributed by atoms with Gasteiger partial charge in [-0.3, -0.25) is 0 Å². The monoisotopic (exact) mass is 476 g/mol. The molecular weight excluding hydrogens is 456 g/mol. The van der Waals surface area contributed by atoms with E-state index in [2.05, 4.69) is 6.07 Å². The van der Waals surface area contributed by atoms with Gasteiger partial charge in [-0.1, -0.05) is 41.9 Å². The van der Waals surface area contributed by atoms with Crippen molar-refractivity contribution in [3.8, 4) is 29.1 Å². The van der Waals surface area contributed by atoms with Crippen LogP contribution in [0, 0.1) is 11.3 Å². The number of rotatable bonds is 7. The first-order valence-electron chi connectivity index (χ1n) is 10.5. The molecule has 3 aromatic carbocycles. The minimum absolute atomic E-state index is 0.000543. The Morgan fingerprint density at radius 2 is 1.82 bits per heavy atom. The van der Waals surface area contributed by atoms with Gasteiger partial charge in [0.2, 0.25) is 5.88 Å². The molecule has 0 bridgehead atoms. The fourth-order valence-corrected chi connectivity index (χ4v) is 3.81. The SMILES string of the molecule is CCOc1ccc(C2C(C#N)=C(N)Oc3cc(OC(=O)COc4ccccc4Cl)ccc32)cc1. The van der Waals surface area contributed by atoms with E-state index in [-0.39, 0.29) is 18.2 Å². The standard InChI is InChI=1S/C26H21ClN2O5/c1-2-31-17-9-7-16(8-10-17)25-19-12-11-18(13-23(19)34-26(29)20(25)14-28)33-24(30)15-32-22-6-4-3-5-21(22)27/h3-13,25H,2,15,29H2,1H3. The number of hydrogen-bond donors (Lipinski definition) is 1. The van der Waals surface area contributed by atoms with E-state index in [9.17, 15) is 10.1 Å². The summed E-state index contributed by atoms with van der Waals surface area (Å²) < 4.78 is 22.0. The van der Waals surface area contributed by atoms with Crippen LogP contribution in [0.2, 0.25) is 5.02 Å². The molecule has 1 aliphatic heterocycles. The Balaban J connectivity index is 1.54. The Morgan fingerprint density at radius 3 is 2.53 bits per heavy atom.